The number of halogens is 1. The van der Waals surface area contributed by atoms with E-state index in [1.54, 1.807) is 22.8 Å². The van der Waals surface area contributed by atoms with Gasteiger partial charge in [0, 0.05) is 17.7 Å². The molecule has 6 nitrogen and oxygen atoms in total. The number of nitrogens with one attached hydrogen (secondary N) is 1. The smallest absolute Gasteiger partial charge is 0.262 e. The Morgan fingerprint density at radius 1 is 1.43 bits per heavy atom. The Labute approximate surface area is 174 Å². The van der Waals surface area contributed by atoms with Gasteiger partial charge in [0.1, 0.15) is 0 Å². The molecule has 28 heavy (non-hydrogen) atoms. The van der Waals surface area contributed by atoms with Crippen LogP contribution in [0.25, 0.3) is 10.9 Å². The molecule has 0 radical (unpaired) electrons. The van der Waals surface area contributed by atoms with Gasteiger partial charge in [-0.3, -0.25) is 14.2 Å². The maximum absolute atomic E-state index is 13.1. The van der Waals surface area contributed by atoms with E-state index in [1.807, 2.05) is 6.92 Å². The summed E-state index contributed by atoms with van der Waals surface area (Å²) in [6, 6.07) is 5.16. The highest BCUT2D eigenvalue weighted by atomic mass is 35.5. The first kappa shape index (κ1) is 21.1. The molecule has 2 heterocycles. The molecule has 0 aliphatic carbocycles. The van der Waals surface area contributed by atoms with Crippen LogP contribution in [0.4, 0.5) is 0 Å². The van der Waals surface area contributed by atoms with Crippen molar-refractivity contribution in [2.24, 2.45) is 5.92 Å². The minimum Gasteiger partial charge on any atom is -0.376 e. The van der Waals surface area contributed by atoms with Crippen molar-refractivity contribution in [3.05, 3.63) is 33.6 Å². The molecule has 8 heteroatoms. The second-order valence-electron chi connectivity index (χ2n) is 7.50. The van der Waals surface area contributed by atoms with E-state index in [1.165, 1.54) is 11.8 Å². The Balaban J connectivity index is 1.87. The number of nitrogens with zero attached hydrogens (tertiary/aromatic N) is 2. The summed E-state index contributed by atoms with van der Waals surface area (Å²) in [6.45, 7) is 7.26. The van der Waals surface area contributed by atoms with Crippen LogP contribution in [0.3, 0.4) is 0 Å². The van der Waals surface area contributed by atoms with Gasteiger partial charge in [-0.1, -0.05) is 37.2 Å². The number of hydrogen-bond donors (Lipinski definition) is 1. The van der Waals surface area contributed by atoms with E-state index >= 15 is 0 Å². The molecule has 3 rings (SSSR count). The molecule has 1 aromatic carbocycles. The normalized spacial score (nSPS) is 18.0. The van der Waals surface area contributed by atoms with Crippen LogP contribution in [0.2, 0.25) is 5.02 Å². The minimum absolute atomic E-state index is 0.00149. The summed E-state index contributed by atoms with van der Waals surface area (Å²) in [6.07, 6.45) is 1.91. The Bertz CT molecular complexity index is 909. The average Bonchev–Trinajstić information content (AvgIpc) is 3.15. The van der Waals surface area contributed by atoms with Gasteiger partial charge in [0.25, 0.3) is 5.56 Å². The lowest BCUT2D eigenvalue weighted by Gasteiger charge is -2.18. The molecule has 152 valence electrons. The highest BCUT2D eigenvalue weighted by Gasteiger charge is 2.21. The molecule has 0 bridgehead atoms. The summed E-state index contributed by atoms with van der Waals surface area (Å²) < 4.78 is 7.34. The lowest BCUT2D eigenvalue weighted by Crippen LogP contribution is -2.37. The van der Waals surface area contributed by atoms with Gasteiger partial charge in [-0.25, -0.2) is 4.98 Å². The monoisotopic (exact) mass is 423 g/mol. The molecule has 1 aromatic heterocycles. The van der Waals surface area contributed by atoms with Crippen molar-refractivity contribution in [2.75, 3.05) is 12.4 Å². The first-order valence-corrected chi connectivity index (χ1v) is 11.0. The minimum atomic E-state index is -0.129. The lowest BCUT2D eigenvalue weighted by atomic mass is 10.1. The Hall–Kier alpha value is -1.57. The molecule has 2 atom stereocenters. The summed E-state index contributed by atoms with van der Waals surface area (Å²) in [7, 11) is 0. The fourth-order valence-corrected chi connectivity index (χ4v) is 4.02. The van der Waals surface area contributed by atoms with E-state index in [0.29, 0.717) is 40.2 Å². The van der Waals surface area contributed by atoms with Crippen molar-refractivity contribution in [2.45, 2.75) is 57.5 Å². The molecule has 0 saturated carbocycles. The third-order valence-corrected chi connectivity index (χ3v) is 6.23. The van der Waals surface area contributed by atoms with Gasteiger partial charge < -0.3 is 10.1 Å². The second-order valence-corrected chi connectivity index (χ2v) is 8.87. The zero-order valence-corrected chi connectivity index (χ0v) is 18.0. The van der Waals surface area contributed by atoms with Gasteiger partial charge in [0.2, 0.25) is 5.91 Å². The molecule has 1 N–H and O–H groups in total. The standard InChI is InChI=1S/C20H26ClN3O3S/c1-12(2)13(3)22-18(25)11-28-20-23-17-9-14(21)6-7-16(17)19(26)24(20)10-15-5-4-8-27-15/h6-7,9,12-13,15H,4-5,8,10-11H2,1-3H3,(H,22,25)/t13-,15-/m1/s1. The second kappa shape index (κ2) is 9.29. The number of ether oxygens (including phenoxy) is 1. The highest BCUT2D eigenvalue weighted by molar-refractivity contribution is 7.99. The van der Waals surface area contributed by atoms with E-state index in [9.17, 15) is 9.59 Å². The van der Waals surface area contributed by atoms with Gasteiger partial charge in [-0.05, 0) is 43.9 Å². The van der Waals surface area contributed by atoms with Crippen LogP contribution in [0, 0.1) is 5.92 Å². The number of fused-ring (bicyclic) bond motifs is 1. The first-order chi connectivity index (χ1) is 13.3. The third-order valence-electron chi connectivity index (χ3n) is 5.01. The lowest BCUT2D eigenvalue weighted by molar-refractivity contribution is -0.119. The fourth-order valence-electron chi connectivity index (χ4n) is 3.03. The van der Waals surface area contributed by atoms with Crippen LogP contribution >= 0.6 is 23.4 Å². The molecule has 1 fully saturated rings. The van der Waals surface area contributed by atoms with Gasteiger partial charge in [-0.2, -0.15) is 0 Å². The van der Waals surface area contributed by atoms with E-state index in [4.69, 9.17) is 16.3 Å². The van der Waals surface area contributed by atoms with E-state index in [2.05, 4.69) is 24.1 Å². The Kier molecular flexibility index (Phi) is 7.01. The molecule has 1 saturated heterocycles. The van der Waals surface area contributed by atoms with Crippen LogP contribution in [0.1, 0.15) is 33.6 Å². The molecular weight excluding hydrogens is 398 g/mol. The molecule has 2 aromatic rings. The maximum atomic E-state index is 13.1. The van der Waals surface area contributed by atoms with Crippen molar-refractivity contribution >= 4 is 40.2 Å². The third kappa shape index (κ3) is 5.07. The number of thioether (sulfide) groups is 1. The largest absolute Gasteiger partial charge is 0.376 e. The molecule has 1 aliphatic rings. The number of hydrogen-bond acceptors (Lipinski definition) is 5. The maximum Gasteiger partial charge on any atom is 0.262 e. The van der Waals surface area contributed by atoms with E-state index < -0.39 is 0 Å². The number of carbonyl (C=O) groups excluding carboxylic acids is 1. The summed E-state index contributed by atoms with van der Waals surface area (Å²) in [5.74, 6) is 0.476. The van der Waals surface area contributed by atoms with Crippen molar-refractivity contribution in [1.29, 1.82) is 0 Å². The predicted molar refractivity (Wildman–Crippen MR) is 113 cm³/mol. The number of benzene rings is 1. The molecule has 1 aliphatic heterocycles. The number of amides is 1. The van der Waals surface area contributed by atoms with Crippen molar-refractivity contribution < 1.29 is 9.53 Å². The van der Waals surface area contributed by atoms with Crippen LogP contribution in [-0.4, -0.2) is 40.0 Å². The van der Waals surface area contributed by atoms with Gasteiger partial charge in [-0.15, -0.1) is 0 Å². The molecule has 0 unspecified atom stereocenters. The van der Waals surface area contributed by atoms with Crippen LogP contribution in [0.15, 0.2) is 28.2 Å². The van der Waals surface area contributed by atoms with Crippen molar-refractivity contribution in [1.82, 2.24) is 14.9 Å². The molecule has 0 spiro atoms. The van der Waals surface area contributed by atoms with Crippen LogP contribution in [0.5, 0.6) is 0 Å². The van der Waals surface area contributed by atoms with E-state index in [-0.39, 0.29) is 29.4 Å². The average molecular weight is 424 g/mol. The zero-order chi connectivity index (χ0) is 20.3. The molecule has 1 amide bonds. The van der Waals surface area contributed by atoms with Gasteiger partial charge >= 0.3 is 0 Å². The van der Waals surface area contributed by atoms with Crippen molar-refractivity contribution in [3.8, 4) is 0 Å². The quantitative estimate of drug-likeness (QED) is 0.545. The summed E-state index contributed by atoms with van der Waals surface area (Å²) in [5, 5.41) is 4.54. The Morgan fingerprint density at radius 3 is 2.89 bits per heavy atom. The van der Waals surface area contributed by atoms with Crippen molar-refractivity contribution in [3.63, 3.8) is 0 Å². The highest BCUT2D eigenvalue weighted by Crippen LogP contribution is 2.22. The van der Waals surface area contributed by atoms with E-state index in [0.717, 1.165) is 12.8 Å². The number of aromatic nitrogens is 2. The van der Waals surface area contributed by atoms with Gasteiger partial charge in [0.05, 0.1) is 29.3 Å². The molecular formula is C20H26ClN3O3S. The fraction of sp³-hybridized carbons (Fsp3) is 0.550. The first-order valence-electron chi connectivity index (χ1n) is 9.59. The SMILES string of the molecule is CC(C)[C@@H](C)NC(=O)CSc1nc2cc(Cl)ccc2c(=O)n1C[C@H]1CCCO1. The Morgan fingerprint density at radius 2 is 2.21 bits per heavy atom. The topological polar surface area (TPSA) is 73.2 Å². The zero-order valence-electron chi connectivity index (χ0n) is 16.4. The number of carbonyl (C=O) groups is 1. The van der Waals surface area contributed by atoms with Gasteiger partial charge in [0.15, 0.2) is 5.16 Å². The summed E-state index contributed by atoms with van der Waals surface area (Å²) in [4.78, 5) is 30.0. The summed E-state index contributed by atoms with van der Waals surface area (Å²) in [5.41, 5.74) is 0.412. The summed E-state index contributed by atoms with van der Waals surface area (Å²) >= 11 is 7.34. The number of rotatable bonds is 7. The van der Waals surface area contributed by atoms with Crippen LogP contribution < -0.4 is 10.9 Å². The predicted octanol–water partition coefficient (Wildman–Crippen LogP) is 3.48. The van der Waals surface area contributed by atoms with Crippen LogP contribution in [-0.2, 0) is 16.1 Å².